The lowest BCUT2D eigenvalue weighted by Gasteiger charge is -2.24. The van der Waals surface area contributed by atoms with Crippen LogP contribution in [-0.2, 0) is 0 Å². The molecule has 0 saturated carbocycles. The van der Waals surface area contributed by atoms with Gasteiger partial charge in [-0.2, -0.15) is 0 Å². The second-order valence-electron chi connectivity index (χ2n) is 4.15. The Morgan fingerprint density at radius 2 is 2.12 bits per heavy atom. The predicted octanol–water partition coefficient (Wildman–Crippen LogP) is 2.38. The second kappa shape index (κ2) is 6.23. The summed E-state index contributed by atoms with van der Waals surface area (Å²) in [6.07, 6.45) is 1.70. The van der Waals surface area contributed by atoms with E-state index in [2.05, 4.69) is 10.3 Å². The number of nitrogens with one attached hydrogen (secondary N) is 1. The van der Waals surface area contributed by atoms with Gasteiger partial charge in [0.15, 0.2) is 0 Å². The Labute approximate surface area is 103 Å². The minimum atomic E-state index is -0.00875. The highest BCUT2D eigenvalue weighted by Crippen LogP contribution is 2.09. The minimum absolute atomic E-state index is 0.00875. The lowest BCUT2D eigenvalue weighted by molar-refractivity contribution is 0.0711. The number of carbonyl (C=O) groups is 1. The summed E-state index contributed by atoms with van der Waals surface area (Å²) in [5.41, 5.74) is 1.44. The third kappa shape index (κ3) is 3.44. The van der Waals surface area contributed by atoms with Gasteiger partial charge in [-0.05, 0) is 39.8 Å². The van der Waals surface area contributed by atoms with E-state index >= 15 is 0 Å². The zero-order chi connectivity index (χ0) is 12.8. The summed E-state index contributed by atoms with van der Waals surface area (Å²) in [6.45, 7) is 9.57. The first-order valence-corrected chi connectivity index (χ1v) is 6.11. The van der Waals surface area contributed by atoms with E-state index in [-0.39, 0.29) is 11.9 Å². The van der Waals surface area contributed by atoms with Crippen molar-refractivity contribution in [3.63, 3.8) is 0 Å². The van der Waals surface area contributed by atoms with Crippen molar-refractivity contribution in [2.45, 2.75) is 33.7 Å². The summed E-state index contributed by atoms with van der Waals surface area (Å²) in [7, 11) is 0. The fraction of sp³-hybridized carbons (Fsp3) is 0.538. The zero-order valence-corrected chi connectivity index (χ0v) is 11.0. The molecular formula is C13H21N3O. The van der Waals surface area contributed by atoms with Crippen LogP contribution in [0.1, 0.15) is 38.2 Å². The zero-order valence-electron chi connectivity index (χ0n) is 11.0. The standard InChI is InChI=1S/C13H21N3O/c1-5-14-11-7-8-12(15-9-11)13(17)16(6-2)10(3)4/h7-10,14H,5-6H2,1-4H3. The molecule has 1 rings (SSSR count). The van der Waals surface area contributed by atoms with Gasteiger partial charge >= 0.3 is 0 Å². The first-order valence-electron chi connectivity index (χ1n) is 6.11. The molecule has 0 spiro atoms. The molecule has 0 saturated heterocycles. The number of carbonyl (C=O) groups excluding carboxylic acids is 1. The molecule has 1 aromatic heterocycles. The van der Waals surface area contributed by atoms with Gasteiger partial charge in [0.05, 0.1) is 11.9 Å². The molecule has 17 heavy (non-hydrogen) atoms. The smallest absolute Gasteiger partial charge is 0.272 e. The number of rotatable bonds is 5. The van der Waals surface area contributed by atoms with Gasteiger partial charge in [0.1, 0.15) is 5.69 Å². The van der Waals surface area contributed by atoms with Gasteiger partial charge < -0.3 is 10.2 Å². The van der Waals surface area contributed by atoms with E-state index in [1.165, 1.54) is 0 Å². The molecule has 4 nitrogen and oxygen atoms in total. The number of hydrogen-bond acceptors (Lipinski definition) is 3. The first kappa shape index (κ1) is 13.5. The number of aromatic nitrogens is 1. The molecule has 1 aromatic rings. The minimum Gasteiger partial charge on any atom is -0.384 e. The van der Waals surface area contributed by atoms with Crippen molar-refractivity contribution in [1.82, 2.24) is 9.88 Å². The molecule has 1 heterocycles. The number of hydrogen-bond donors (Lipinski definition) is 1. The molecule has 0 fully saturated rings. The monoisotopic (exact) mass is 235 g/mol. The van der Waals surface area contributed by atoms with Crippen LogP contribution in [0.5, 0.6) is 0 Å². The number of nitrogens with zero attached hydrogens (tertiary/aromatic N) is 2. The van der Waals surface area contributed by atoms with Crippen molar-refractivity contribution >= 4 is 11.6 Å². The van der Waals surface area contributed by atoms with Crippen LogP contribution < -0.4 is 5.32 Å². The van der Waals surface area contributed by atoms with E-state index < -0.39 is 0 Å². The van der Waals surface area contributed by atoms with Crippen LogP contribution in [-0.4, -0.2) is 34.9 Å². The Hall–Kier alpha value is -1.58. The molecule has 0 bridgehead atoms. The fourth-order valence-electron chi connectivity index (χ4n) is 1.72. The lowest BCUT2D eigenvalue weighted by atomic mass is 10.2. The summed E-state index contributed by atoms with van der Waals surface area (Å²) in [5.74, 6) is -0.00875. The van der Waals surface area contributed by atoms with Gasteiger partial charge in [0.25, 0.3) is 5.91 Å². The van der Waals surface area contributed by atoms with Crippen LogP contribution in [0, 0.1) is 0 Å². The molecule has 1 N–H and O–H groups in total. The molecule has 94 valence electrons. The van der Waals surface area contributed by atoms with Gasteiger partial charge in [0, 0.05) is 19.1 Å². The molecule has 0 aliphatic carbocycles. The van der Waals surface area contributed by atoms with Crippen LogP contribution in [0.2, 0.25) is 0 Å². The van der Waals surface area contributed by atoms with Crippen LogP contribution in [0.4, 0.5) is 5.69 Å². The SMILES string of the molecule is CCNc1ccc(C(=O)N(CC)C(C)C)nc1. The number of amides is 1. The van der Waals surface area contributed by atoms with E-state index in [9.17, 15) is 4.79 Å². The summed E-state index contributed by atoms with van der Waals surface area (Å²) < 4.78 is 0. The highest BCUT2D eigenvalue weighted by atomic mass is 16.2. The Kier molecular flexibility index (Phi) is 4.94. The molecule has 1 amide bonds. The Morgan fingerprint density at radius 3 is 2.53 bits per heavy atom. The highest BCUT2D eigenvalue weighted by molar-refractivity contribution is 5.92. The van der Waals surface area contributed by atoms with Crippen LogP contribution in [0.3, 0.4) is 0 Å². The van der Waals surface area contributed by atoms with Crippen LogP contribution in [0.25, 0.3) is 0 Å². The molecule has 0 unspecified atom stereocenters. The molecule has 0 atom stereocenters. The van der Waals surface area contributed by atoms with E-state index in [0.29, 0.717) is 12.2 Å². The van der Waals surface area contributed by atoms with Gasteiger partial charge in [-0.25, -0.2) is 4.98 Å². The van der Waals surface area contributed by atoms with Crippen molar-refractivity contribution in [1.29, 1.82) is 0 Å². The van der Waals surface area contributed by atoms with Gasteiger partial charge in [-0.1, -0.05) is 0 Å². The van der Waals surface area contributed by atoms with Crippen molar-refractivity contribution in [2.75, 3.05) is 18.4 Å². The van der Waals surface area contributed by atoms with Gasteiger partial charge in [-0.3, -0.25) is 4.79 Å². The lowest BCUT2D eigenvalue weighted by Crippen LogP contribution is -2.37. The summed E-state index contributed by atoms with van der Waals surface area (Å²) >= 11 is 0. The fourth-order valence-corrected chi connectivity index (χ4v) is 1.72. The average molecular weight is 235 g/mol. The highest BCUT2D eigenvalue weighted by Gasteiger charge is 2.17. The molecule has 0 radical (unpaired) electrons. The molecule has 0 aliphatic rings. The quantitative estimate of drug-likeness (QED) is 0.852. The van der Waals surface area contributed by atoms with E-state index in [4.69, 9.17) is 0 Å². The molecule has 0 aromatic carbocycles. The predicted molar refractivity (Wildman–Crippen MR) is 70.2 cm³/mol. The normalized spacial score (nSPS) is 10.4. The third-order valence-electron chi connectivity index (χ3n) is 2.59. The summed E-state index contributed by atoms with van der Waals surface area (Å²) in [5, 5.41) is 3.15. The van der Waals surface area contributed by atoms with Crippen molar-refractivity contribution in [2.24, 2.45) is 0 Å². The largest absolute Gasteiger partial charge is 0.384 e. The maximum Gasteiger partial charge on any atom is 0.272 e. The molecule has 0 aliphatic heterocycles. The Bertz CT molecular complexity index is 359. The average Bonchev–Trinajstić information content (AvgIpc) is 2.30. The maximum absolute atomic E-state index is 12.1. The Morgan fingerprint density at radius 1 is 1.41 bits per heavy atom. The number of pyridine rings is 1. The van der Waals surface area contributed by atoms with Gasteiger partial charge in [0.2, 0.25) is 0 Å². The Balaban J connectivity index is 2.81. The van der Waals surface area contributed by atoms with E-state index in [0.717, 1.165) is 12.2 Å². The third-order valence-corrected chi connectivity index (χ3v) is 2.59. The van der Waals surface area contributed by atoms with Crippen molar-refractivity contribution < 1.29 is 4.79 Å². The van der Waals surface area contributed by atoms with Crippen molar-refractivity contribution in [3.8, 4) is 0 Å². The summed E-state index contributed by atoms with van der Waals surface area (Å²) in [4.78, 5) is 18.1. The molecular weight excluding hydrogens is 214 g/mol. The van der Waals surface area contributed by atoms with E-state index in [1.54, 1.807) is 17.2 Å². The molecule has 4 heteroatoms. The maximum atomic E-state index is 12.1. The van der Waals surface area contributed by atoms with E-state index in [1.807, 2.05) is 33.8 Å². The van der Waals surface area contributed by atoms with Crippen molar-refractivity contribution in [3.05, 3.63) is 24.0 Å². The first-order chi connectivity index (χ1) is 8.10. The topological polar surface area (TPSA) is 45.2 Å². The van der Waals surface area contributed by atoms with Gasteiger partial charge in [-0.15, -0.1) is 0 Å². The van der Waals surface area contributed by atoms with Crippen LogP contribution >= 0.6 is 0 Å². The number of anilines is 1. The summed E-state index contributed by atoms with van der Waals surface area (Å²) in [6, 6.07) is 3.85. The van der Waals surface area contributed by atoms with Crippen LogP contribution in [0.15, 0.2) is 18.3 Å². The second-order valence-corrected chi connectivity index (χ2v) is 4.15.